The molecule has 1 fully saturated rings. The molecule has 0 radical (unpaired) electrons. The monoisotopic (exact) mass is 370 g/mol. The van der Waals surface area contributed by atoms with Gasteiger partial charge in [-0.05, 0) is 48.9 Å². The van der Waals surface area contributed by atoms with E-state index in [4.69, 9.17) is 0 Å². The van der Waals surface area contributed by atoms with Crippen molar-refractivity contribution in [2.45, 2.75) is 13.8 Å². The van der Waals surface area contributed by atoms with Crippen molar-refractivity contribution >= 4 is 34.6 Å². The van der Waals surface area contributed by atoms with Gasteiger partial charge in [-0.1, -0.05) is 12.1 Å². The predicted octanol–water partition coefficient (Wildman–Crippen LogP) is 1.59. The summed E-state index contributed by atoms with van der Waals surface area (Å²) in [4.78, 5) is 41.1. The molecule has 0 atom stereocenters. The first-order valence-corrected chi connectivity index (χ1v) is 8.71. The number of aromatic nitrogens is 2. The number of hydrogen-bond donors (Lipinski definition) is 1. The Morgan fingerprint density at radius 2 is 1.88 bits per heavy atom. The lowest BCUT2D eigenvalue weighted by Gasteiger charge is -2.03. The summed E-state index contributed by atoms with van der Waals surface area (Å²) in [5, 5.41) is 3.16. The SMILES string of the molecule is Cc1ccc(C)c(N=C2NC(=O)/C(=C/c3cn(C)c(=O)n(C)c3=O)S2)c1. The molecule has 0 bridgehead atoms. The lowest BCUT2D eigenvalue weighted by molar-refractivity contribution is -0.115. The van der Waals surface area contributed by atoms with Crippen molar-refractivity contribution < 1.29 is 4.79 Å². The molecule has 26 heavy (non-hydrogen) atoms. The molecule has 0 unspecified atom stereocenters. The van der Waals surface area contributed by atoms with Crippen LogP contribution in [0.3, 0.4) is 0 Å². The van der Waals surface area contributed by atoms with Gasteiger partial charge < -0.3 is 9.88 Å². The summed E-state index contributed by atoms with van der Waals surface area (Å²) in [7, 11) is 2.96. The number of hydrogen-bond acceptors (Lipinski definition) is 5. The first kappa shape index (κ1) is 17.9. The number of nitrogens with one attached hydrogen (secondary N) is 1. The number of amidine groups is 1. The van der Waals surface area contributed by atoms with E-state index in [1.807, 2.05) is 32.0 Å². The summed E-state index contributed by atoms with van der Waals surface area (Å²) < 4.78 is 2.31. The first-order valence-electron chi connectivity index (χ1n) is 7.90. The van der Waals surface area contributed by atoms with Crippen molar-refractivity contribution in [2.24, 2.45) is 19.1 Å². The molecule has 134 valence electrons. The van der Waals surface area contributed by atoms with E-state index in [9.17, 15) is 14.4 Å². The molecule has 0 aliphatic carbocycles. The smallest absolute Gasteiger partial charge is 0.303 e. The van der Waals surface area contributed by atoms with Gasteiger partial charge in [0.1, 0.15) is 0 Å². The number of aryl methyl sites for hydroxylation is 3. The third kappa shape index (κ3) is 3.41. The maximum Gasteiger partial charge on any atom is 0.330 e. The Labute approximate surface area is 154 Å². The molecule has 2 heterocycles. The molecular formula is C18H18N4O3S. The second-order valence-electron chi connectivity index (χ2n) is 6.11. The minimum absolute atomic E-state index is 0.264. The lowest BCUT2D eigenvalue weighted by atomic mass is 10.1. The van der Waals surface area contributed by atoms with Crippen molar-refractivity contribution in [3.8, 4) is 0 Å². The summed E-state index contributed by atoms with van der Waals surface area (Å²) >= 11 is 1.16. The maximum atomic E-state index is 12.2. The zero-order valence-corrected chi connectivity index (χ0v) is 15.7. The van der Waals surface area contributed by atoms with Crippen LogP contribution in [-0.2, 0) is 18.9 Å². The third-order valence-corrected chi connectivity index (χ3v) is 4.91. The van der Waals surface area contributed by atoms with E-state index in [1.54, 1.807) is 7.05 Å². The molecule has 2 aromatic rings. The normalized spacial score (nSPS) is 17.2. The average molecular weight is 370 g/mol. The van der Waals surface area contributed by atoms with E-state index in [-0.39, 0.29) is 11.5 Å². The number of carbonyl (C=O) groups excluding carboxylic acids is 1. The third-order valence-electron chi connectivity index (χ3n) is 4.00. The highest BCUT2D eigenvalue weighted by Crippen LogP contribution is 2.29. The van der Waals surface area contributed by atoms with E-state index in [1.165, 1.54) is 23.9 Å². The fourth-order valence-electron chi connectivity index (χ4n) is 2.51. The molecule has 7 nitrogen and oxygen atoms in total. The number of benzene rings is 1. The van der Waals surface area contributed by atoms with Crippen LogP contribution in [0.25, 0.3) is 6.08 Å². The first-order chi connectivity index (χ1) is 12.3. The number of carbonyl (C=O) groups is 1. The highest BCUT2D eigenvalue weighted by Gasteiger charge is 2.24. The van der Waals surface area contributed by atoms with Crippen LogP contribution in [0.15, 0.2) is 43.9 Å². The van der Waals surface area contributed by atoms with Crippen LogP contribution < -0.4 is 16.6 Å². The van der Waals surface area contributed by atoms with Gasteiger partial charge in [0.05, 0.1) is 16.2 Å². The van der Waals surface area contributed by atoms with Crippen LogP contribution in [0.4, 0.5) is 5.69 Å². The van der Waals surface area contributed by atoms with E-state index in [2.05, 4.69) is 10.3 Å². The van der Waals surface area contributed by atoms with Crippen molar-refractivity contribution in [3.63, 3.8) is 0 Å². The standard InChI is InChI=1S/C18H18N4O3S/c1-10-5-6-11(2)13(7-10)19-17-20-15(23)14(26-17)8-12-9-21(3)18(25)22(4)16(12)24/h5-9H,1-4H3,(H,19,20,23)/b14-8-. The van der Waals surface area contributed by atoms with Crippen LogP contribution in [-0.4, -0.2) is 20.2 Å². The second kappa shape index (κ2) is 6.80. The number of nitrogens with zero attached hydrogens (tertiary/aromatic N) is 3. The lowest BCUT2D eigenvalue weighted by Crippen LogP contribution is -2.37. The van der Waals surface area contributed by atoms with Gasteiger partial charge in [0.2, 0.25) is 0 Å². The summed E-state index contributed by atoms with van der Waals surface area (Å²) in [6.07, 6.45) is 2.90. The van der Waals surface area contributed by atoms with Gasteiger partial charge in [0.25, 0.3) is 11.5 Å². The Kier molecular flexibility index (Phi) is 4.69. The van der Waals surface area contributed by atoms with Crippen LogP contribution >= 0.6 is 11.8 Å². The summed E-state index contributed by atoms with van der Waals surface area (Å²) in [6, 6.07) is 5.92. The molecule has 1 saturated heterocycles. The predicted molar refractivity (Wildman–Crippen MR) is 104 cm³/mol. The van der Waals surface area contributed by atoms with Crippen molar-refractivity contribution in [3.05, 3.63) is 66.8 Å². The van der Waals surface area contributed by atoms with E-state index in [0.717, 1.165) is 33.1 Å². The highest BCUT2D eigenvalue weighted by atomic mass is 32.2. The van der Waals surface area contributed by atoms with Gasteiger partial charge >= 0.3 is 5.69 Å². The highest BCUT2D eigenvalue weighted by molar-refractivity contribution is 8.18. The zero-order valence-electron chi connectivity index (χ0n) is 14.9. The van der Waals surface area contributed by atoms with E-state index < -0.39 is 11.2 Å². The fourth-order valence-corrected chi connectivity index (χ4v) is 3.33. The quantitative estimate of drug-likeness (QED) is 0.814. The van der Waals surface area contributed by atoms with Crippen LogP contribution in [0.2, 0.25) is 0 Å². The number of thioether (sulfide) groups is 1. The van der Waals surface area contributed by atoms with Gasteiger partial charge in [0, 0.05) is 20.3 Å². The van der Waals surface area contributed by atoms with Gasteiger partial charge in [-0.2, -0.15) is 0 Å². The number of rotatable bonds is 2. The van der Waals surface area contributed by atoms with Crippen LogP contribution in [0.5, 0.6) is 0 Å². The fraction of sp³-hybridized carbons (Fsp3) is 0.222. The molecule has 1 aromatic carbocycles. The van der Waals surface area contributed by atoms with Crippen molar-refractivity contribution in [1.29, 1.82) is 0 Å². The molecule has 1 aromatic heterocycles. The second-order valence-corrected chi connectivity index (χ2v) is 7.14. The van der Waals surface area contributed by atoms with Gasteiger partial charge in [-0.15, -0.1) is 0 Å². The van der Waals surface area contributed by atoms with Gasteiger partial charge in [-0.3, -0.25) is 14.2 Å². The van der Waals surface area contributed by atoms with Gasteiger partial charge in [0.15, 0.2) is 5.17 Å². The molecule has 1 aliphatic rings. The Hall–Kier alpha value is -2.87. The minimum atomic E-state index is -0.450. The minimum Gasteiger partial charge on any atom is -0.303 e. The molecule has 8 heteroatoms. The molecule has 0 saturated carbocycles. The van der Waals surface area contributed by atoms with Crippen molar-refractivity contribution in [2.75, 3.05) is 0 Å². The summed E-state index contributed by atoms with van der Waals surface area (Å²) in [5.41, 5.74) is 2.26. The zero-order chi connectivity index (χ0) is 19.0. The molecule has 1 N–H and O–H groups in total. The number of amides is 1. The largest absolute Gasteiger partial charge is 0.330 e. The van der Waals surface area contributed by atoms with Crippen LogP contribution in [0, 0.1) is 13.8 Å². The molecule has 1 amide bonds. The van der Waals surface area contributed by atoms with Gasteiger partial charge in [-0.25, -0.2) is 9.79 Å². The molecule has 1 aliphatic heterocycles. The topological polar surface area (TPSA) is 85.5 Å². The Balaban J connectivity index is 1.97. The van der Waals surface area contributed by atoms with E-state index in [0.29, 0.717) is 10.1 Å². The Morgan fingerprint density at radius 3 is 2.62 bits per heavy atom. The molecule has 3 rings (SSSR count). The number of aliphatic imine (C=N–C) groups is 1. The average Bonchev–Trinajstić information content (AvgIpc) is 2.93. The maximum absolute atomic E-state index is 12.2. The summed E-state index contributed by atoms with van der Waals surface area (Å²) in [5.74, 6) is -0.324. The Morgan fingerprint density at radius 1 is 1.15 bits per heavy atom. The van der Waals surface area contributed by atoms with E-state index >= 15 is 0 Å². The summed E-state index contributed by atoms with van der Waals surface area (Å²) in [6.45, 7) is 3.93. The van der Waals surface area contributed by atoms with Crippen molar-refractivity contribution in [1.82, 2.24) is 14.5 Å². The molecule has 0 spiro atoms. The Bertz CT molecular complexity index is 1090. The van der Waals surface area contributed by atoms with Crippen LogP contribution in [0.1, 0.15) is 16.7 Å². The molecular weight excluding hydrogens is 352 g/mol.